The fourth-order valence-corrected chi connectivity index (χ4v) is 3.04. The average Bonchev–Trinajstić information content (AvgIpc) is 3.08. The molecule has 2 aromatic rings. The van der Waals surface area contributed by atoms with Crippen molar-refractivity contribution in [2.45, 2.75) is 25.8 Å². The van der Waals surface area contributed by atoms with Crippen molar-refractivity contribution in [1.29, 1.82) is 0 Å². The molecule has 0 radical (unpaired) electrons. The summed E-state index contributed by atoms with van der Waals surface area (Å²) in [6.45, 7) is 5.18. The van der Waals surface area contributed by atoms with E-state index in [1.807, 2.05) is 25.0 Å². The van der Waals surface area contributed by atoms with Gasteiger partial charge in [-0.05, 0) is 38.1 Å². The van der Waals surface area contributed by atoms with Crippen LogP contribution >= 0.6 is 0 Å². The summed E-state index contributed by atoms with van der Waals surface area (Å²) in [6, 6.07) is 6.36. The molecule has 1 N–H and O–H groups in total. The topological polar surface area (TPSA) is 46.0 Å². The highest BCUT2D eigenvalue weighted by Crippen LogP contribution is 2.28. The van der Waals surface area contributed by atoms with Crippen LogP contribution in [0.1, 0.15) is 29.4 Å². The van der Waals surface area contributed by atoms with E-state index in [0.717, 1.165) is 36.7 Å². The lowest BCUT2D eigenvalue weighted by molar-refractivity contribution is 0.321. The van der Waals surface area contributed by atoms with Gasteiger partial charge in [-0.15, -0.1) is 0 Å². The van der Waals surface area contributed by atoms with Crippen LogP contribution in [0.15, 0.2) is 24.4 Å². The Kier molecular flexibility index (Phi) is 3.92. The van der Waals surface area contributed by atoms with Gasteiger partial charge < -0.3 is 5.32 Å². The molecule has 112 valence electrons. The summed E-state index contributed by atoms with van der Waals surface area (Å²) in [7, 11) is 3.92. The van der Waals surface area contributed by atoms with E-state index in [9.17, 15) is 0 Å². The molecule has 0 aliphatic carbocycles. The van der Waals surface area contributed by atoms with Crippen molar-refractivity contribution in [3.05, 3.63) is 41.5 Å². The van der Waals surface area contributed by atoms with Crippen LogP contribution in [0.2, 0.25) is 0 Å². The Bertz CT molecular complexity index is 619. The first-order valence-electron chi connectivity index (χ1n) is 7.51. The van der Waals surface area contributed by atoms with Gasteiger partial charge in [0.15, 0.2) is 0 Å². The maximum atomic E-state index is 4.72. The molecule has 1 aliphatic rings. The first kappa shape index (κ1) is 14.1. The van der Waals surface area contributed by atoms with Gasteiger partial charge in [0.05, 0.1) is 5.69 Å². The minimum atomic E-state index is 0.528. The summed E-state index contributed by atoms with van der Waals surface area (Å²) in [6.07, 6.45) is 3.18. The predicted molar refractivity (Wildman–Crippen MR) is 84.4 cm³/mol. The number of rotatable bonds is 4. The summed E-state index contributed by atoms with van der Waals surface area (Å²) in [4.78, 5) is 7.19. The molecule has 21 heavy (non-hydrogen) atoms. The fourth-order valence-electron chi connectivity index (χ4n) is 3.04. The number of likely N-dealkylation sites (tertiary alicyclic amines) is 1. The zero-order valence-corrected chi connectivity index (χ0v) is 13.0. The molecule has 0 bridgehead atoms. The molecule has 0 spiro atoms. The molecule has 0 saturated carbocycles. The molecule has 0 aromatic carbocycles. The van der Waals surface area contributed by atoms with Crippen LogP contribution in [0.25, 0.3) is 0 Å². The molecule has 0 amide bonds. The van der Waals surface area contributed by atoms with Crippen molar-refractivity contribution in [2.75, 3.05) is 25.5 Å². The highest BCUT2D eigenvalue weighted by molar-refractivity contribution is 5.45. The molecule has 3 rings (SSSR count). The first-order valence-corrected chi connectivity index (χ1v) is 7.51. The summed E-state index contributed by atoms with van der Waals surface area (Å²) < 4.78 is 1.87. The van der Waals surface area contributed by atoms with Gasteiger partial charge in [0.25, 0.3) is 0 Å². The van der Waals surface area contributed by atoms with Gasteiger partial charge in [-0.1, -0.05) is 0 Å². The van der Waals surface area contributed by atoms with E-state index in [0.29, 0.717) is 5.92 Å². The number of anilines is 1. The third kappa shape index (κ3) is 3.24. The van der Waals surface area contributed by atoms with E-state index in [4.69, 9.17) is 4.98 Å². The van der Waals surface area contributed by atoms with Gasteiger partial charge in [0, 0.05) is 56.4 Å². The second-order valence-corrected chi connectivity index (χ2v) is 5.87. The van der Waals surface area contributed by atoms with Gasteiger partial charge in [-0.25, -0.2) is 0 Å². The normalized spacial score (nSPS) is 19.1. The molecule has 5 nitrogen and oxygen atoms in total. The van der Waals surface area contributed by atoms with Crippen molar-refractivity contribution >= 4 is 5.69 Å². The van der Waals surface area contributed by atoms with Crippen molar-refractivity contribution in [2.24, 2.45) is 7.05 Å². The molecule has 1 saturated heterocycles. The molecule has 3 heterocycles. The van der Waals surface area contributed by atoms with Crippen LogP contribution < -0.4 is 5.32 Å². The SMILES string of the molecule is CNc1cc(C)nc([C@H]2CCN(Cc3ccn(C)n3)C2)c1. The Morgan fingerprint density at radius 2 is 2.24 bits per heavy atom. The molecule has 1 atom stereocenters. The van der Waals surface area contributed by atoms with Crippen molar-refractivity contribution < 1.29 is 0 Å². The standard InChI is InChI=1S/C16H23N5/c1-12-8-15(17-2)9-16(18-12)13-4-7-21(10-13)11-14-5-6-20(3)19-14/h5-6,8-9,13H,4,7,10-11H2,1-3H3,(H,17,18)/t13-/m0/s1. The molecule has 2 aromatic heterocycles. The molecule has 1 fully saturated rings. The molecular weight excluding hydrogens is 262 g/mol. The Morgan fingerprint density at radius 1 is 1.38 bits per heavy atom. The Balaban J connectivity index is 1.67. The quantitative estimate of drug-likeness (QED) is 0.935. The van der Waals surface area contributed by atoms with E-state index in [-0.39, 0.29) is 0 Å². The fraction of sp³-hybridized carbons (Fsp3) is 0.500. The maximum absolute atomic E-state index is 4.72. The summed E-state index contributed by atoms with van der Waals surface area (Å²) in [5.41, 5.74) is 4.59. The second-order valence-electron chi connectivity index (χ2n) is 5.87. The largest absolute Gasteiger partial charge is 0.388 e. The zero-order chi connectivity index (χ0) is 14.8. The average molecular weight is 285 g/mol. The smallest absolute Gasteiger partial charge is 0.0764 e. The molecule has 1 aliphatic heterocycles. The van der Waals surface area contributed by atoms with Gasteiger partial charge >= 0.3 is 0 Å². The molecule has 0 unspecified atom stereocenters. The van der Waals surface area contributed by atoms with E-state index in [1.54, 1.807) is 0 Å². The van der Waals surface area contributed by atoms with Crippen molar-refractivity contribution in [3.63, 3.8) is 0 Å². The highest BCUT2D eigenvalue weighted by atomic mass is 15.3. The summed E-state index contributed by atoms with van der Waals surface area (Å²) in [5, 5.41) is 7.68. The minimum absolute atomic E-state index is 0.528. The predicted octanol–water partition coefficient (Wildman–Crippen LogP) is 2.15. The van der Waals surface area contributed by atoms with Gasteiger partial charge in [0.2, 0.25) is 0 Å². The van der Waals surface area contributed by atoms with E-state index < -0.39 is 0 Å². The van der Waals surface area contributed by atoms with Crippen LogP contribution in [0, 0.1) is 6.92 Å². The molecule has 5 heteroatoms. The van der Waals surface area contributed by atoms with Gasteiger partial charge in [-0.3, -0.25) is 14.6 Å². The number of aryl methyl sites for hydroxylation is 2. The van der Waals surface area contributed by atoms with E-state index in [1.165, 1.54) is 12.1 Å². The second kappa shape index (κ2) is 5.85. The van der Waals surface area contributed by atoms with Crippen LogP contribution in [0.3, 0.4) is 0 Å². The first-order chi connectivity index (χ1) is 10.1. The lowest BCUT2D eigenvalue weighted by Crippen LogP contribution is -2.20. The minimum Gasteiger partial charge on any atom is -0.388 e. The van der Waals surface area contributed by atoms with E-state index >= 15 is 0 Å². The van der Waals surface area contributed by atoms with E-state index in [2.05, 4.69) is 40.4 Å². The number of pyridine rings is 1. The molecular formula is C16H23N5. The van der Waals surface area contributed by atoms with Crippen molar-refractivity contribution in [1.82, 2.24) is 19.7 Å². The zero-order valence-electron chi connectivity index (χ0n) is 13.0. The lowest BCUT2D eigenvalue weighted by atomic mass is 10.0. The van der Waals surface area contributed by atoms with Gasteiger partial charge in [0.1, 0.15) is 0 Å². The Labute approximate surface area is 126 Å². The highest BCUT2D eigenvalue weighted by Gasteiger charge is 2.25. The third-order valence-electron chi connectivity index (χ3n) is 4.11. The Hall–Kier alpha value is -1.88. The lowest BCUT2D eigenvalue weighted by Gasteiger charge is -2.15. The number of nitrogens with zero attached hydrogens (tertiary/aromatic N) is 4. The Morgan fingerprint density at radius 3 is 2.95 bits per heavy atom. The van der Waals surface area contributed by atoms with Crippen LogP contribution in [0.5, 0.6) is 0 Å². The number of aromatic nitrogens is 3. The maximum Gasteiger partial charge on any atom is 0.0764 e. The number of nitrogens with one attached hydrogen (secondary N) is 1. The summed E-state index contributed by atoms with van der Waals surface area (Å²) in [5.74, 6) is 0.528. The summed E-state index contributed by atoms with van der Waals surface area (Å²) >= 11 is 0. The van der Waals surface area contributed by atoms with Crippen molar-refractivity contribution in [3.8, 4) is 0 Å². The monoisotopic (exact) mass is 285 g/mol. The van der Waals surface area contributed by atoms with Gasteiger partial charge in [-0.2, -0.15) is 5.10 Å². The van der Waals surface area contributed by atoms with Crippen LogP contribution in [-0.2, 0) is 13.6 Å². The number of hydrogen-bond donors (Lipinski definition) is 1. The van der Waals surface area contributed by atoms with Crippen LogP contribution in [-0.4, -0.2) is 39.8 Å². The third-order valence-corrected chi connectivity index (χ3v) is 4.11. The number of hydrogen-bond acceptors (Lipinski definition) is 4. The van der Waals surface area contributed by atoms with Crippen LogP contribution in [0.4, 0.5) is 5.69 Å².